The van der Waals surface area contributed by atoms with Gasteiger partial charge in [0.15, 0.2) is 5.65 Å². The molecule has 1 saturated carbocycles. The predicted octanol–water partition coefficient (Wildman–Crippen LogP) is 2.15. The van der Waals surface area contributed by atoms with Crippen molar-refractivity contribution in [2.75, 3.05) is 7.11 Å². The molecule has 1 aliphatic rings. The summed E-state index contributed by atoms with van der Waals surface area (Å²) in [5.41, 5.74) is 1.38. The lowest BCUT2D eigenvalue weighted by Crippen LogP contribution is -2.27. The first-order valence-electron chi connectivity index (χ1n) is 7.07. The quantitative estimate of drug-likeness (QED) is 0.858. The smallest absolute Gasteiger partial charge is 0.341 e. The first-order chi connectivity index (χ1) is 10.1. The number of halogens is 1. The van der Waals surface area contributed by atoms with Crippen molar-refractivity contribution in [1.82, 2.24) is 14.7 Å². The van der Waals surface area contributed by atoms with E-state index in [1.807, 2.05) is 0 Å². The summed E-state index contributed by atoms with van der Waals surface area (Å²) in [7, 11) is 1.30. The third kappa shape index (κ3) is 2.76. The van der Waals surface area contributed by atoms with Crippen LogP contribution in [0.15, 0.2) is 18.5 Å². The number of nitrogens with one attached hydrogen (secondary N) is 1. The predicted molar refractivity (Wildman–Crippen MR) is 75.5 cm³/mol. The Hall–Kier alpha value is -1.95. The fourth-order valence-electron chi connectivity index (χ4n) is 2.51. The van der Waals surface area contributed by atoms with Crippen LogP contribution in [0.3, 0.4) is 0 Å². The highest BCUT2D eigenvalue weighted by atomic mass is 19.1. The molecule has 0 radical (unpaired) electrons. The Morgan fingerprint density at radius 3 is 3.05 bits per heavy atom. The van der Waals surface area contributed by atoms with E-state index in [1.54, 1.807) is 12.3 Å². The van der Waals surface area contributed by atoms with E-state index in [9.17, 15) is 9.18 Å². The van der Waals surface area contributed by atoms with E-state index in [0.29, 0.717) is 12.6 Å². The van der Waals surface area contributed by atoms with Crippen molar-refractivity contribution in [2.45, 2.75) is 32.4 Å². The molecule has 2 aromatic rings. The van der Waals surface area contributed by atoms with Crippen molar-refractivity contribution >= 4 is 11.6 Å². The molecule has 1 atom stereocenters. The molecule has 2 aromatic heterocycles. The number of aromatic nitrogens is 2. The number of carbonyl (C=O) groups excluding carboxylic acids is 1. The Kier molecular flexibility index (Phi) is 3.63. The number of pyridine rings is 1. The van der Waals surface area contributed by atoms with Gasteiger partial charge in [0.1, 0.15) is 5.56 Å². The molecule has 0 amide bonds. The van der Waals surface area contributed by atoms with Crippen LogP contribution in [0.4, 0.5) is 4.39 Å². The maximum Gasteiger partial charge on any atom is 0.341 e. The molecule has 0 spiro atoms. The largest absolute Gasteiger partial charge is 0.465 e. The minimum atomic E-state index is -0.511. The highest BCUT2D eigenvalue weighted by Gasteiger charge is 2.27. The highest BCUT2D eigenvalue weighted by Crippen LogP contribution is 2.32. The van der Waals surface area contributed by atoms with Crippen molar-refractivity contribution in [3.05, 3.63) is 35.5 Å². The fraction of sp³-hybridized carbons (Fsp3) is 0.467. The lowest BCUT2D eigenvalue weighted by molar-refractivity contribution is 0.0602. The number of hydrogen-bond donors (Lipinski definition) is 1. The minimum absolute atomic E-state index is 0.276. The second-order valence-corrected chi connectivity index (χ2v) is 5.54. The maximum absolute atomic E-state index is 13.7. The molecular weight excluding hydrogens is 273 g/mol. The van der Waals surface area contributed by atoms with Gasteiger partial charge in [0.2, 0.25) is 5.95 Å². The average molecular weight is 291 g/mol. The van der Waals surface area contributed by atoms with Gasteiger partial charge in [-0.15, -0.1) is 0 Å². The first kappa shape index (κ1) is 14.0. The topological polar surface area (TPSA) is 55.6 Å². The number of fused-ring (bicyclic) bond motifs is 1. The van der Waals surface area contributed by atoms with E-state index in [-0.39, 0.29) is 11.2 Å². The zero-order chi connectivity index (χ0) is 15.0. The van der Waals surface area contributed by atoms with E-state index >= 15 is 0 Å². The van der Waals surface area contributed by atoms with Crippen LogP contribution in [-0.4, -0.2) is 28.5 Å². The highest BCUT2D eigenvalue weighted by molar-refractivity contribution is 5.95. The van der Waals surface area contributed by atoms with Crippen molar-refractivity contribution in [2.24, 2.45) is 5.92 Å². The molecule has 0 bridgehead atoms. The number of methoxy groups -OCH3 is 1. The summed E-state index contributed by atoms with van der Waals surface area (Å²) in [6.07, 6.45) is 5.29. The van der Waals surface area contributed by atoms with E-state index in [0.717, 1.165) is 17.7 Å². The molecular formula is C15H18FN3O2. The normalized spacial score (nSPS) is 16.1. The zero-order valence-corrected chi connectivity index (χ0v) is 12.1. The second-order valence-electron chi connectivity index (χ2n) is 5.54. The Morgan fingerprint density at radius 2 is 2.38 bits per heavy atom. The molecule has 0 saturated heterocycles. The standard InChI is InChI=1S/C15H18FN3O2/c1-9(11-3-4-11)17-6-10-5-12(15(20)21-2)14-18-7-13(16)19(14)8-10/h5,7-9,11,17H,3-4,6H2,1-2H3/t9-/m0/s1. The van der Waals surface area contributed by atoms with Crippen LogP contribution in [-0.2, 0) is 11.3 Å². The van der Waals surface area contributed by atoms with Gasteiger partial charge in [-0.25, -0.2) is 9.78 Å². The van der Waals surface area contributed by atoms with Crippen LogP contribution in [0.5, 0.6) is 0 Å². The van der Waals surface area contributed by atoms with Gasteiger partial charge < -0.3 is 10.1 Å². The van der Waals surface area contributed by atoms with Crippen molar-refractivity contribution in [3.8, 4) is 0 Å². The minimum Gasteiger partial charge on any atom is -0.465 e. The lowest BCUT2D eigenvalue weighted by atomic mass is 10.1. The third-order valence-corrected chi connectivity index (χ3v) is 3.98. The SMILES string of the molecule is COC(=O)c1cc(CN[C@@H](C)C2CC2)cn2c(F)cnc12. The van der Waals surface area contributed by atoms with E-state index in [1.165, 1.54) is 24.4 Å². The number of nitrogens with zero attached hydrogens (tertiary/aromatic N) is 2. The van der Waals surface area contributed by atoms with Crippen LogP contribution < -0.4 is 5.32 Å². The van der Waals surface area contributed by atoms with Crippen LogP contribution >= 0.6 is 0 Å². The lowest BCUT2D eigenvalue weighted by Gasteiger charge is -2.13. The molecule has 3 rings (SSSR count). The number of hydrogen-bond acceptors (Lipinski definition) is 4. The van der Waals surface area contributed by atoms with Crippen molar-refractivity contribution < 1.29 is 13.9 Å². The summed E-state index contributed by atoms with van der Waals surface area (Å²) in [6, 6.07) is 2.13. The second kappa shape index (κ2) is 5.44. The summed E-state index contributed by atoms with van der Waals surface area (Å²) >= 11 is 0. The van der Waals surface area contributed by atoms with Gasteiger partial charge >= 0.3 is 5.97 Å². The Balaban J connectivity index is 1.90. The van der Waals surface area contributed by atoms with Crippen molar-refractivity contribution in [1.29, 1.82) is 0 Å². The van der Waals surface area contributed by atoms with Gasteiger partial charge in [0.05, 0.1) is 13.3 Å². The van der Waals surface area contributed by atoms with Gasteiger partial charge in [-0.05, 0) is 37.3 Å². The number of carbonyl (C=O) groups is 1. The molecule has 1 fully saturated rings. The molecule has 0 aliphatic heterocycles. The summed E-state index contributed by atoms with van der Waals surface area (Å²) in [5.74, 6) is -0.270. The monoisotopic (exact) mass is 291 g/mol. The third-order valence-electron chi connectivity index (χ3n) is 3.98. The van der Waals surface area contributed by atoms with Crippen LogP contribution in [0, 0.1) is 11.9 Å². The Labute approximate surface area is 122 Å². The fourth-order valence-corrected chi connectivity index (χ4v) is 2.51. The molecule has 2 heterocycles. The molecule has 112 valence electrons. The summed E-state index contributed by atoms with van der Waals surface area (Å²) < 4.78 is 19.8. The number of ether oxygens (including phenoxy) is 1. The first-order valence-corrected chi connectivity index (χ1v) is 7.07. The average Bonchev–Trinajstić information content (AvgIpc) is 3.28. The summed E-state index contributed by atoms with van der Waals surface area (Å²) in [4.78, 5) is 15.8. The molecule has 21 heavy (non-hydrogen) atoms. The maximum atomic E-state index is 13.7. The van der Waals surface area contributed by atoms with Crippen LogP contribution in [0.1, 0.15) is 35.7 Å². The molecule has 6 heteroatoms. The van der Waals surface area contributed by atoms with E-state index in [2.05, 4.69) is 17.2 Å². The Morgan fingerprint density at radius 1 is 1.62 bits per heavy atom. The van der Waals surface area contributed by atoms with E-state index < -0.39 is 11.9 Å². The Bertz CT molecular complexity index is 679. The molecule has 0 aromatic carbocycles. The van der Waals surface area contributed by atoms with E-state index in [4.69, 9.17) is 4.74 Å². The number of esters is 1. The summed E-state index contributed by atoms with van der Waals surface area (Å²) in [6.45, 7) is 2.73. The molecule has 0 unspecified atom stereocenters. The van der Waals surface area contributed by atoms with Gasteiger partial charge in [-0.3, -0.25) is 4.40 Å². The van der Waals surface area contributed by atoms with Gasteiger partial charge in [-0.1, -0.05) is 0 Å². The number of imidazole rings is 1. The zero-order valence-electron chi connectivity index (χ0n) is 12.1. The molecule has 5 nitrogen and oxygen atoms in total. The molecule has 1 aliphatic carbocycles. The van der Waals surface area contributed by atoms with Crippen LogP contribution in [0.2, 0.25) is 0 Å². The molecule has 1 N–H and O–H groups in total. The van der Waals surface area contributed by atoms with Gasteiger partial charge in [-0.2, -0.15) is 4.39 Å². The van der Waals surface area contributed by atoms with Crippen LogP contribution in [0.25, 0.3) is 5.65 Å². The number of rotatable bonds is 5. The van der Waals surface area contributed by atoms with Gasteiger partial charge in [0.25, 0.3) is 0 Å². The van der Waals surface area contributed by atoms with Gasteiger partial charge in [0, 0.05) is 18.8 Å². The summed E-state index contributed by atoms with van der Waals surface area (Å²) in [5, 5.41) is 3.41. The van der Waals surface area contributed by atoms with Crippen molar-refractivity contribution in [3.63, 3.8) is 0 Å².